The molecule has 0 amide bonds. The Morgan fingerprint density at radius 3 is 2.59 bits per heavy atom. The minimum absolute atomic E-state index is 0.104. The fourth-order valence-corrected chi connectivity index (χ4v) is 2.35. The summed E-state index contributed by atoms with van der Waals surface area (Å²) < 4.78 is 23.6. The Morgan fingerprint density at radius 1 is 1.14 bits per heavy atom. The van der Waals surface area contributed by atoms with Gasteiger partial charge in [-0.3, -0.25) is 4.79 Å². The molecule has 22 heavy (non-hydrogen) atoms. The summed E-state index contributed by atoms with van der Waals surface area (Å²) in [6.07, 6.45) is 1.69. The van der Waals surface area contributed by atoms with Gasteiger partial charge in [-0.1, -0.05) is 12.1 Å². The van der Waals surface area contributed by atoms with Crippen LogP contribution in [0.4, 0.5) is 4.39 Å². The van der Waals surface area contributed by atoms with Gasteiger partial charge in [0.2, 0.25) is 0 Å². The predicted octanol–water partition coefficient (Wildman–Crippen LogP) is 4.34. The molecule has 3 aromatic rings. The first-order valence-electron chi connectivity index (χ1n) is 6.97. The van der Waals surface area contributed by atoms with Gasteiger partial charge >= 0.3 is 5.97 Å². The quantitative estimate of drug-likeness (QED) is 0.533. The summed E-state index contributed by atoms with van der Waals surface area (Å²) in [7, 11) is 0. The number of benzene rings is 2. The van der Waals surface area contributed by atoms with Gasteiger partial charge < -0.3 is 9.15 Å². The highest BCUT2D eigenvalue weighted by molar-refractivity contribution is 5.88. The van der Waals surface area contributed by atoms with E-state index in [9.17, 15) is 9.18 Å². The standard InChI is InChI=1S/C18H15FO3/c1-11-3-8-16-13(10-21-18(16)12(11)2)9-17(20)22-15-6-4-14(19)5-7-15/h3-8,10H,9H2,1-2H3. The van der Waals surface area contributed by atoms with Gasteiger partial charge in [-0.25, -0.2) is 4.39 Å². The van der Waals surface area contributed by atoms with Crippen LogP contribution >= 0.6 is 0 Å². The monoisotopic (exact) mass is 298 g/mol. The van der Waals surface area contributed by atoms with Crippen molar-refractivity contribution in [2.24, 2.45) is 0 Å². The highest BCUT2D eigenvalue weighted by Gasteiger charge is 2.14. The molecule has 1 aromatic heterocycles. The minimum Gasteiger partial charge on any atom is -0.464 e. The molecule has 1 heterocycles. The van der Waals surface area contributed by atoms with Crippen LogP contribution in [0, 0.1) is 19.7 Å². The molecule has 3 rings (SSSR count). The molecule has 0 saturated heterocycles. The SMILES string of the molecule is Cc1ccc2c(CC(=O)Oc3ccc(F)cc3)coc2c1C. The molecular weight excluding hydrogens is 283 g/mol. The van der Waals surface area contributed by atoms with Crippen LogP contribution < -0.4 is 4.74 Å². The smallest absolute Gasteiger partial charge is 0.315 e. The van der Waals surface area contributed by atoms with Crippen molar-refractivity contribution in [2.75, 3.05) is 0 Å². The molecule has 2 aromatic carbocycles. The number of rotatable bonds is 3. The lowest BCUT2D eigenvalue weighted by Gasteiger charge is -2.04. The second-order valence-corrected chi connectivity index (χ2v) is 5.25. The van der Waals surface area contributed by atoms with E-state index in [4.69, 9.17) is 9.15 Å². The number of hydrogen-bond donors (Lipinski definition) is 0. The zero-order chi connectivity index (χ0) is 15.7. The van der Waals surface area contributed by atoms with Crippen LogP contribution in [0.1, 0.15) is 16.7 Å². The van der Waals surface area contributed by atoms with E-state index in [1.165, 1.54) is 24.3 Å². The summed E-state index contributed by atoms with van der Waals surface area (Å²) >= 11 is 0. The molecule has 0 radical (unpaired) electrons. The third kappa shape index (κ3) is 2.72. The molecule has 0 aliphatic rings. The molecule has 0 unspecified atom stereocenters. The molecule has 0 fully saturated rings. The van der Waals surface area contributed by atoms with Gasteiger partial charge in [0.05, 0.1) is 12.7 Å². The van der Waals surface area contributed by atoms with Crippen LogP contribution in [0.3, 0.4) is 0 Å². The molecule has 0 atom stereocenters. The lowest BCUT2D eigenvalue weighted by Crippen LogP contribution is -2.10. The molecule has 3 nitrogen and oxygen atoms in total. The van der Waals surface area contributed by atoms with Gasteiger partial charge in [-0.2, -0.15) is 0 Å². The summed E-state index contributed by atoms with van der Waals surface area (Å²) in [6, 6.07) is 9.30. The number of halogens is 1. The normalized spacial score (nSPS) is 10.9. The third-order valence-electron chi connectivity index (χ3n) is 3.72. The molecule has 0 spiro atoms. The van der Waals surface area contributed by atoms with E-state index in [1.807, 2.05) is 26.0 Å². The number of carbonyl (C=O) groups is 1. The second kappa shape index (κ2) is 5.64. The highest BCUT2D eigenvalue weighted by Crippen LogP contribution is 2.27. The van der Waals surface area contributed by atoms with E-state index in [1.54, 1.807) is 6.26 Å². The number of aryl methyl sites for hydroxylation is 2. The van der Waals surface area contributed by atoms with Crippen LogP contribution in [0.5, 0.6) is 5.75 Å². The Balaban J connectivity index is 1.79. The molecular formula is C18H15FO3. The summed E-state index contributed by atoms with van der Waals surface area (Å²) in [6.45, 7) is 4.00. The van der Waals surface area contributed by atoms with Crippen molar-refractivity contribution >= 4 is 16.9 Å². The maximum atomic E-state index is 12.8. The van der Waals surface area contributed by atoms with Crippen molar-refractivity contribution in [3.8, 4) is 5.75 Å². The number of ether oxygens (including phenoxy) is 1. The van der Waals surface area contributed by atoms with Gasteiger partial charge in [-0.15, -0.1) is 0 Å². The number of fused-ring (bicyclic) bond motifs is 1. The molecule has 0 N–H and O–H groups in total. The minimum atomic E-state index is -0.410. The molecule has 112 valence electrons. The van der Waals surface area contributed by atoms with Crippen molar-refractivity contribution in [2.45, 2.75) is 20.3 Å². The second-order valence-electron chi connectivity index (χ2n) is 5.25. The van der Waals surface area contributed by atoms with Crippen molar-refractivity contribution in [1.82, 2.24) is 0 Å². The summed E-state index contributed by atoms with van der Waals surface area (Å²) in [5, 5.41) is 0.916. The highest BCUT2D eigenvalue weighted by atomic mass is 19.1. The van der Waals surface area contributed by atoms with E-state index < -0.39 is 5.97 Å². The van der Waals surface area contributed by atoms with Crippen LogP contribution in [0.2, 0.25) is 0 Å². The zero-order valence-electron chi connectivity index (χ0n) is 12.4. The Hall–Kier alpha value is -2.62. The molecule has 0 saturated carbocycles. The third-order valence-corrected chi connectivity index (χ3v) is 3.72. The van der Waals surface area contributed by atoms with Crippen molar-refractivity contribution < 1.29 is 18.3 Å². The predicted molar refractivity (Wildman–Crippen MR) is 81.4 cm³/mol. The summed E-state index contributed by atoms with van der Waals surface area (Å²) in [4.78, 5) is 12.0. The molecule has 0 aliphatic carbocycles. The first-order chi connectivity index (χ1) is 10.5. The largest absolute Gasteiger partial charge is 0.464 e. The number of hydrogen-bond acceptors (Lipinski definition) is 3. The Kier molecular flexibility index (Phi) is 3.67. The van der Waals surface area contributed by atoms with E-state index in [2.05, 4.69) is 0 Å². The van der Waals surface area contributed by atoms with Crippen LogP contribution in [-0.4, -0.2) is 5.97 Å². The number of furan rings is 1. The van der Waals surface area contributed by atoms with Crippen LogP contribution in [0.25, 0.3) is 11.0 Å². The average Bonchev–Trinajstić information content (AvgIpc) is 2.89. The molecule has 0 aliphatic heterocycles. The number of esters is 1. The first-order valence-corrected chi connectivity index (χ1v) is 6.97. The van der Waals surface area contributed by atoms with Gasteiger partial charge in [0.15, 0.2) is 0 Å². The molecule has 4 heteroatoms. The van der Waals surface area contributed by atoms with Crippen molar-refractivity contribution in [3.05, 3.63) is 65.2 Å². The fourth-order valence-electron chi connectivity index (χ4n) is 2.35. The van der Waals surface area contributed by atoms with Gasteiger partial charge in [-0.05, 0) is 49.2 Å². The lowest BCUT2D eigenvalue weighted by atomic mass is 10.0. The van der Waals surface area contributed by atoms with Gasteiger partial charge in [0.1, 0.15) is 17.1 Å². The lowest BCUT2D eigenvalue weighted by molar-refractivity contribution is -0.133. The average molecular weight is 298 g/mol. The van der Waals surface area contributed by atoms with E-state index >= 15 is 0 Å². The topological polar surface area (TPSA) is 39.4 Å². The van der Waals surface area contributed by atoms with Gasteiger partial charge in [0.25, 0.3) is 0 Å². The van der Waals surface area contributed by atoms with Crippen molar-refractivity contribution in [3.63, 3.8) is 0 Å². The van der Waals surface area contributed by atoms with Crippen LogP contribution in [0.15, 0.2) is 47.1 Å². The maximum absolute atomic E-state index is 12.8. The fraction of sp³-hybridized carbons (Fsp3) is 0.167. The van der Waals surface area contributed by atoms with E-state index in [-0.39, 0.29) is 12.2 Å². The molecule has 0 bridgehead atoms. The zero-order valence-corrected chi connectivity index (χ0v) is 12.4. The summed E-state index contributed by atoms with van der Waals surface area (Å²) in [5.74, 6) is -0.453. The summed E-state index contributed by atoms with van der Waals surface area (Å²) in [5.41, 5.74) is 3.78. The van der Waals surface area contributed by atoms with Crippen molar-refractivity contribution in [1.29, 1.82) is 0 Å². The van der Waals surface area contributed by atoms with E-state index in [0.717, 1.165) is 27.7 Å². The Morgan fingerprint density at radius 2 is 1.86 bits per heavy atom. The van der Waals surface area contributed by atoms with Crippen LogP contribution in [-0.2, 0) is 11.2 Å². The Bertz CT molecular complexity index is 831. The Labute approximate surface area is 127 Å². The van der Waals surface area contributed by atoms with Gasteiger partial charge in [0, 0.05) is 10.9 Å². The number of carbonyl (C=O) groups excluding carboxylic acids is 1. The maximum Gasteiger partial charge on any atom is 0.315 e. The first kappa shape index (κ1) is 14.3. The van der Waals surface area contributed by atoms with E-state index in [0.29, 0.717) is 5.75 Å².